The fraction of sp³-hybridized carbons (Fsp3) is 0.458. The summed E-state index contributed by atoms with van der Waals surface area (Å²) >= 11 is 1.60. The molecule has 1 unspecified atom stereocenters. The topological polar surface area (TPSA) is 90.7 Å². The number of hydrogen-bond donors (Lipinski definition) is 3. The maximum Gasteiger partial charge on any atom is 0.279 e. The minimum Gasteiger partial charge on any atom is -0.383 e. The Morgan fingerprint density at radius 3 is 2.42 bits per heavy atom. The molecule has 4 N–H and O–H groups in total. The summed E-state index contributed by atoms with van der Waals surface area (Å²) in [6.45, 7) is 13.3. The van der Waals surface area contributed by atoms with Crippen molar-refractivity contribution < 1.29 is 4.57 Å². The molecule has 0 radical (unpaired) electrons. The second-order valence-electron chi connectivity index (χ2n) is 7.97. The smallest absolute Gasteiger partial charge is 0.279 e. The number of rotatable bonds is 12. The van der Waals surface area contributed by atoms with Crippen molar-refractivity contribution in [3.8, 4) is 0 Å². The molecule has 3 rings (SSSR count). The molecule has 0 aliphatic heterocycles. The third-order valence-electron chi connectivity index (χ3n) is 5.97. The van der Waals surface area contributed by atoms with Crippen LogP contribution >= 0.6 is 18.9 Å². The minimum atomic E-state index is -3.17. The van der Waals surface area contributed by atoms with E-state index < -0.39 is 7.59 Å². The number of nitrogens with zero attached hydrogens (tertiary/aromatic N) is 2. The summed E-state index contributed by atoms with van der Waals surface area (Å²) < 4.78 is 16.6. The number of likely N-dealkylation sites (N-methyl/N-ethyl adjacent to an activating group) is 1. The molecule has 0 spiro atoms. The van der Waals surface area contributed by atoms with Crippen LogP contribution in [-0.2, 0) is 11.1 Å². The monoisotopic (exact) mass is 489 g/mol. The summed E-state index contributed by atoms with van der Waals surface area (Å²) in [6, 6.07) is 11.7. The molecule has 3 aromatic rings. The molecule has 2 aromatic carbocycles. The molecule has 7 nitrogen and oxygen atoms in total. The third-order valence-corrected chi connectivity index (χ3v) is 9.25. The molecule has 0 bridgehead atoms. The molecule has 33 heavy (non-hydrogen) atoms. The van der Waals surface area contributed by atoms with Gasteiger partial charge in [0.1, 0.15) is 0 Å². The van der Waals surface area contributed by atoms with E-state index in [2.05, 4.69) is 29.2 Å². The average Bonchev–Trinajstić information content (AvgIpc) is 2.81. The van der Waals surface area contributed by atoms with Gasteiger partial charge >= 0.3 is 0 Å². The summed E-state index contributed by atoms with van der Waals surface area (Å²) in [5.41, 5.74) is 7.97. The van der Waals surface area contributed by atoms with Crippen LogP contribution in [0.2, 0.25) is 0 Å². The van der Waals surface area contributed by atoms with Gasteiger partial charge in [-0.2, -0.15) is 0 Å². The Morgan fingerprint density at radius 2 is 1.76 bits per heavy atom. The minimum absolute atomic E-state index is 0.0252. The van der Waals surface area contributed by atoms with Crippen LogP contribution in [0.5, 0.6) is 0 Å². The van der Waals surface area contributed by atoms with E-state index >= 15 is 0 Å². The van der Waals surface area contributed by atoms with E-state index in [0.29, 0.717) is 25.0 Å². The van der Waals surface area contributed by atoms with E-state index in [9.17, 15) is 9.36 Å². The number of anilines is 1. The van der Waals surface area contributed by atoms with E-state index in [1.807, 2.05) is 50.2 Å². The van der Waals surface area contributed by atoms with Gasteiger partial charge in [-0.3, -0.25) is 14.9 Å². The van der Waals surface area contributed by atoms with Crippen LogP contribution in [0.25, 0.3) is 20.2 Å². The van der Waals surface area contributed by atoms with Crippen LogP contribution in [0.1, 0.15) is 33.3 Å². The van der Waals surface area contributed by atoms with E-state index in [4.69, 9.17) is 5.50 Å². The normalized spacial score (nSPS) is 13.8. The molecule has 1 heterocycles. The third kappa shape index (κ3) is 5.83. The zero-order valence-corrected chi connectivity index (χ0v) is 21.8. The molecule has 0 aliphatic carbocycles. The zero-order valence-electron chi connectivity index (χ0n) is 20.1. The van der Waals surface area contributed by atoms with Crippen molar-refractivity contribution in [3.63, 3.8) is 0 Å². The molecule has 1 aromatic heterocycles. The van der Waals surface area contributed by atoms with Gasteiger partial charge in [0.25, 0.3) is 7.59 Å². The first-order valence-corrected chi connectivity index (χ1v) is 14.2. The van der Waals surface area contributed by atoms with Crippen molar-refractivity contribution >= 4 is 44.8 Å². The quantitative estimate of drug-likeness (QED) is 0.252. The molecule has 9 heteroatoms. The average molecular weight is 490 g/mol. The molecule has 0 saturated heterocycles. The summed E-state index contributed by atoms with van der Waals surface area (Å²) in [5.74, 6) is 0. The van der Waals surface area contributed by atoms with Gasteiger partial charge in [-0.05, 0) is 36.9 Å². The number of benzene rings is 2. The highest BCUT2D eigenvalue weighted by atomic mass is 32.1. The highest BCUT2D eigenvalue weighted by Crippen LogP contribution is 2.39. The Balaban J connectivity index is 2.09. The van der Waals surface area contributed by atoms with Crippen molar-refractivity contribution in [3.05, 3.63) is 52.2 Å². The highest BCUT2D eigenvalue weighted by Gasteiger charge is 2.25. The first kappa shape index (κ1) is 25.8. The molecule has 0 amide bonds. The Labute approximate surface area is 200 Å². The van der Waals surface area contributed by atoms with Gasteiger partial charge < -0.3 is 10.2 Å². The Kier molecular flexibility index (Phi) is 9.04. The fourth-order valence-electron chi connectivity index (χ4n) is 4.07. The largest absolute Gasteiger partial charge is 0.383 e. The number of hydrogen-bond acceptors (Lipinski definition) is 5. The standard InChI is InChI=1S/C24H36N5O2PS/c1-5-27-32(25,31)29(8-4)17-18-13-14-20(26-15-16-28(6-2)7-3)22-23(30)19-11-9-10-12-21(19)33-24(18)22/h9-14,26H,5-8,15-17H2,1-4H3,(H3,25,27,31). The van der Waals surface area contributed by atoms with E-state index in [0.717, 1.165) is 52.2 Å². The van der Waals surface area contributed by atoms with E-state index in [-0.39, 0.29) is 5.43 Å². The first-order valence-electron chi connectivity index (χ1n) is 11.7. The number of nitrogens with two attached hydrogens (primary N) is 1. The van der Waals surface area contributed by atoms with Crippen LogP contribution < -0.4 is 21.3 Å². The van der Waals surface area contributed by atoms with Gasteiger partial charge in [-0.15, -0.1) is 11.3 Å². The predicted molar refractivity (Wildman–Crippen MR) is 143 cm³/mol. The molecule has 1 atom stereocenters. The lowest BCUT2D eigenvalue weighted by Crippen LogP contribution is -2.32. The molecule has 0 aliphatic rings. The molecule has 180 valence electrons. The van der Waals surface area contributed by atoms with Crippen molar-refractivity contribution in [1.82, 2.24) is 14.7 Å². The van der Waals surface area contributed by atoms with Gasteiger partial charge in [0.2, 0.25) is 0 Å². The van der Waals surface area contributed by atoms with Gasteiger partial charge in [-0.25, -0.2) is 9.76 Å². The fourth-order valence-corrected chi connectivity index (χ4v) is 6.71. The molecular weight excluding hydrogens is 453 g/mol. The highest BCUT2D eigenvalue weighted by molar-refractivity contribution is 7.56. The maximum absolute atomic E-state index is 13.6. The number of fused-ring (bicyclic) bond motifs is 2. The Bertz CT molecular complexity index is 1190. The SMILES string of the molecule is CCNP(N)(=O)N(CC)Cc1ccc(NCCN(CC)CC)c2c(=O)c3ccccc3sc12. The van der Waals surface area contributed by atoms with Crippen LogP contribution in [0.4, 0.5) is 5.69 Å². The van der Waals surface area contributed by atoms with E-state index in [1.165, 1.54) is 0 Å². The lowest BCUT2D eigenvalue weighted by atomic mass is 10.1. The molecule has 0 saturated carbocycles. The van der Waals surface area contributed by atoms with E-state index in [1.54, 1.807) is 16.0 Å². The van der Waals surface area contributed by atoms with Crippen molar-refractivity contribution in [2.24, 2.45) is 5.50 Å². The second kappa shape index (κ2) is 11.6. The van der Waals surface area contributed by atoms with Gasteiger partial charge in [0.05, 0.1) is 5.39 Å². The van der Waals surface area contributed by atoms with Gasteiger partial charge in [-0.1, -0.05) is 45.9 Å². The van der Waals surface area contributed by atoms with Crippen LogP contribution in [0, 0.1) is 0 Å². The van der Waals surface area contributed by atoms with Gasteiger partial charge in [0.15, 0.2) is 5.43 Å². The second-order valence-corrected chi connectivity index (χ2v) is 11.2. The summed E-state index contributed by atoms with van der Waals surface area (Å²) in [4.78, 5) is 15.9. The zero-order chi connectivity index (χ0) is 24.0. The van der Waals surface area contributed by atoms with Crippen molar-refractivity contribution in [1.29, 1.82) is 0 Å². The van der Waals surface area contributed by atoms with Crippen LogP contribution in [0.3, 0.4) is 0 Å². The molecular formula is C24H36N5O2PS. The van der Waals surface area contributed by atoms with Crippen LogP contribution in [-0.4, -0.2) is 48.8 Å². The lowest BCUT2D eigenvalue weighted by Gasteiger charge is -2.28. The van der Waals surface area contributed by atoms with Crippen LogP contribution in [0.15, 0.2) is 41.2 Å². The van der Waals surface area contributed by atoms with Crippen molar-refractivity contribution in [2.45, 2.75) is 34.2 Å². The predicted octanol–water partition coefficient (Wildman–Crippen LogP) is 4.67. The summed E-state index contributed by atoms with van der Waals surface area (Å²) in [5, 5.41) is 7.85. The first-order chi connectivity index (χ1) is 15.9. The maximum atomic E-state index is 13.6. The molecule has 0 fully saturated rings. The van der Waals surface area contributed by atoms with Gasteiger partial charge in [0, 0.05) is 53.2 Å². The Morgan fingerprint density at radius 1 is 1.03 bits per heavy atom. The summed E-state index contributed by atoms with van der Waals surface area (Å²) in [6.07, 6.45) is 0. The summed E-state index contributed by atoms with van der Waals surface area (Å²) in [7, 11) is -3.17. The lowest BCUT2D eigenvalue weighted by molar-refractivity contribution is 0.316. The van der Waals surface area contributed by atoms with Crippen molar-refractivity contribution in [2.75, 3.05) is 44.6 Å². The Hall–Kier alpha value is -1.80. The number of nitrogens with one attached hydrogen (secondary N) is 2.